The van der Waals surface area contributed by atoms with E-state index in [0.717, 1.165) is 12.1 Å². The molecule has 0 radical (unpaired) electrons. The van der Waals surface area contributed by atoms with E-state index in [1.807, 2.05) is 4.90 Å². The van der Waals surface area contributed by atoms with Crippen molar-refractivity contribution in [2.24, 2.45) is 0 Å². The molecule has 4 aromatic rings. The van der Waals surface area contributed by atoms with E-state index >= 15 is 0 Å². The molecular formula is C26H26ClN9O9S2. The van der Waals surface area contributed by atoms with Gasteiger partial charge in [-0.1, -0.05) is 24.3 Å². The Labute approximate surface area is 273 Å². The summed E-state index contributed by atoms with van der Waals surface area (Å²) in [7, 11) is -6.86. The molecule has 1 aliphatic heterocycles. The van der Waals surface area contributed by atoms with E-state index < -0.39 is 30.0 Å². The minimum atomic E-state index is -4.79. The largest absolute Gasteiger partial charge is 0.467 e. The third kappa shape index (κ3) is 8.55. The molecule has 3 heterocycles. The van der Waals surface area contributed by atoms with Gasteiger partial charge in [0.05, 0.1) is 27.4 Å². The zero-order valence-corrected chi connectivity index (χ0v) is 26.9. The van der Waals surface area contributed by atoms with Crippen LogP contribution >= 0.6 is 11.6 Å². The Morgan fingerprint density at radius 1 is 0.766 bits per heavy atom. The molecule has 2 aromatic heterocycles. The lowest BCUT2D eigenvalue weighted by Crippen LogP contribution is -2.37. The first-order valence-corrected chi connectivity index (χ1v) is 16.6. The number of rotatable bonds is 11. The van der Waals surface area contributed by atoms with Gasteiger partial charge in [0.25, 0.3) is 20.2 Å². The lowest BCUT2D eigenvalue weighted by Gasteiger charge is -2.26. The molecule has 1 fully saturated rings. The Balaban J connectivity index is 1.44. The van der Waals surface area contributed by atoms with Crippen LogP contribution in [0, 0.1) is 0 Å². The van der Waals surface area contributed by atoms with Crippen molar-refractivity contribution in [2.75, 3.05) is 56.1 Å². The molecule has 1 saturated heterocycles. The van der Waals surface area contributed by atoms with Crippen molar-refractivity contribution >= 4 is 73.2 Å². The van der Waals surface area contributed by atoms with E-state index in [1.54, 1.807) is 0 Å². The molecule has 18 nitrogen and oxygen atoms in total. The maximum Gasteiger partial charge on any atom is 0.322 e. The highest BCUT2D eigenvalue weighted by atomic mass is 35.5. The molecule has 21 heteroatoms. The SMILES string of the molecule is COc1nc(Cl)nc(Nc2ccc(C=Cc3ccc(Nc4nc(OC)nc(N5CCOCC5)n4)cc3S(=O)(=O)O)c(S(=O)(=O)O)c2)n1. The minimum absolute atomic E-state index is 0.00399. The van der Waals surface area contributed by atoms with Crippen molar-refractivity contribution in [1.29, 1.82) is 0 Å². The van der Waals surface area contributed by atoms with Crippen molar-refractivity contribution in [3.63, 3.8) is 0 Å². The number of morpholine rings is 1. The quantitative estimate of drug-likeness (QED) is 0.129. The minimum Gasteiger partial charge on any atom is -0.467 e. The van der Waals surface area contributed by atoms with Crippen LogP contribution in [0.25, 0.3) is 12.2 Å². The summed E-state index contributed by atoms with van der Waals surface area (Å²) in [6.07, 6.45) is 2.50. The van der Waals surface area contributed by atoms with Gasteiger partial charge in [0.2, 0.25) is 23.1 Å². The van der Waals surface area contributed by atoms with Crippen LogP contribution in [0.2, 0.25) is 5.28 Å². The molecule has 47 heavy (non-hydrogen) atoms. The van der Waals surface area contributed by atoms with Gasteiger partial charge < -0.3 is 29.7 Å². The molecular weight excluding hydrogens is 682 g/mol. The number of anilines is 5. The smallest absolute Gasteiger partial charge is 0.322 e. The summed E-state index contributed by atoms with van der Waals surface area (Å²) in [4.78, 5) is 25.2. The van der Waals surface area contributed by atoms with E-state index in [1.165, 1.54) is 50.6 Å². The first kappa shape index (κ1) is 33.6. The topological polar surface area (TPSA) is 241 Å². The van der Waals surface area contributed by atoms with Crippen LogP contribution < -0.4 is 25.0 Å². The number of halogens is 1. The van der Waals surface area contributed by atoms with Crippen LogP contribution in [0.4, 0.5) is 29.2 Å². The number of hydrogen-bond acceptors (Lipinski definition) is 16. The molecule has 4 N–H and O–H groups in total. The molecule has 248 valence electrons. The highest BCUT2D eigenvalue weighted by Gasteiger charge is 2.20. The number of methoxy groups -OCH3 is 2. The first-order valence-electron chi connectivity index (χ1n) is 13.4. The van der Waals surface area contributed by atoms with Gasteiger partial charge in [-0.25, -0.2) is 0 Å². The predicted octanol–water partition coefficient (Wildman–Crippen LogP) is 2.71. The average Bonchev–Trinajstić information content (AvgIpc) is 3.03. The van der Waals surface area contributed by atoms with Gasteiger partial charge in [0, 0.05) is 24.5 Å². The maximum absolute atomic E-state index is 12.4. The molecule has 5 rings (SSSR count). The van der Waals surface area contributed by atoms with Crippen molar-refractivity contribution in [3.8, 4) is 12.0 Å². The van der Waals surface area contributed by atoms with Gasteiger partial charge in [0.15, 0.2) is 0 Å². The highest BCUT2D eigenvalue weighted by molar-refractivity contribution is 7.86. The van der Waals surface area contributed by atoms with Crippen LogP contribution in [-0.2, 0) is 25.0 Å². The summed E-state index contributed by atoms with van der Waals surface area (Å²) in [6, 6.07) is 7.81. The van der Waals surface area contributed by atoms with Crippen molar-refractivity contribution in [3.05, 3.63) is 52.8 Å². The Hall–Kier alpha value is -4.73. The second-order valence-electron chi connectivity index (χ2n) is 9.50. The van der Waals surface area contributed by atoms with E-state index in [0.29, 0.717) is 32.3 Å². The molecule has 0 spiro atoms. The Morgan fingerprint density at radius 3 is 1.74 bits per heavy atom. The molecule has 0 bridgehead atoms. The third-order valence-corrected chi connectivity index (χ3v) is 8.38. The van der Waals surface area contributed by atoms with E-state index in [-0.39, 0.29) is 51.7 Å². The number of nitrogens with one attached hydrogen (secondary N) is 2. The molecule has 0 atom stereocenters. The molecule has 0 saturated carbocycles. The van der Waals surface area contributed by atoms with E-state index in [4.69, 9.17) is 25.8 Å². The van der Waals surface area contributed by atoms with Gasteiger partial charge in [-0.15, -0.1) is 0 Å². The summed E-state index contributed by atoms with van der Waals surface area (Å²) >= 11 is 5.86. The van der Waals surface area contributed by atoms with Crippen molar-refractivity contribution in [2.45, 2.75) is 9.79 Å². The molecule has 0 unspecified atom stereocenters. The van der Waals surface area contributed by atoms with Gasteiger partial charge >= 0.3 is 12.0 Å². The number of nitrogens with zero attached hydrogens (tertiary/aromatic N) is 7. The monoisotopic (exact) mass is 707 g/mol. The standard InChI is InChI=1S/C26H26ClN9O9S2/c1-43-25-31-21(27)30-22(33-25)28-17-7-5-15(19(13-17)46(37,38)39)3-4-16-6-8-18(14-20(16)47(40,41)42)29-23-32-24(35-26(34-23)44-2)36-9-11-45-12-10-36/h3-8,13-14H,9-12H2,1-2H3,(H,37,38,39)(H,40,41,42)(H,28,30,31,33)(H,29,32,34,35). The summed E-state index contributed by atoms with van der Waals surface area (Å²) in [5, 5.41) is 5.44. The van der Waals surface area contributed by atoms with Gasteiger partial charge in [-0.05, 0) is 47.0 Å². The van der Waals surface area contributed by atoms with Crippen LogP contribution in [0.5, 0.6) is 12.0 Å². The third-order valence-electron chi connectivity index (χ3n) is 6.39. The number of ether oxygens (including phenoxy) is 3. The van der Waals surface area contributed by atoms with Crippen molar-refractivity contribution < 1.29 is 40.2 Å². The maximum atomic E-state index is 12.4. The summed E-state index contributed by atoms with van der Waals surface area (Å²) in [5.41, 5.74) is 0.330. The van der Waals surface area contributed by atoms with Crippen molar-refractivity contribution in [1.82, 2.24) is 29.9 Å². The summed E-state index contributed by atoms with van der Waals surface area (Å²) in [5.74, 6) is 0.308. The Morgan fingerprint density at radius 2 is 1.26 bits per heavy atom. The van der Waals surface area contributed by atoms with Crippen LogP contribution in [0.3, 0.4) is 0 Å². The second kappa shape index (κ2) is 13.9. The Kier molecular flexibility index (Phi) is 9.98. The number of hydrogen-bond donors (Lipinski definition) is 4. The van der Waals surface area contributed by atoms with Crippen LogP contribution in [-0.4, -0.2) is 96.4 Å². The normalized spacial score (nSPS) is 13.9. The summed E-state index contributed by atoms with van der Waals surface area (Å²) in [6.45, 7) is 2.06. The molecule has 0 amide bonds. The zero-order chi connectivity index (χ0) is 33.8. The van der Waals surface area contributed by atoms with Crippen LogP contribution in [0.1, 0.15) is 11.1 Å². The predicted molar refractivity (Wildman–Crippen MR) is 169 cm³/mol. The number of benzene rings is 2. The average molecular weight is 708 g/mol. The fraction of sp³-hybridized carbons (Fsp3) is 0.231. The fourth-order valence-electron chi connectivity index (χ4n) is 4.26. The van der Waals surface area contributed by atoms with Gasteiger partial charge in [-0.2, -0.15) is 46.7 Å². The Bertz CT molecular complexity index is 2050. The highest BCUT2D eigenvalue weighted by Crippen LogP contribution is 2.28. The lowest BCUT2D eigenvalue weighted by atomic mass is 10.1. The lowest BCUT2D eigenvalue weighted by molar-refractivity contribution is 0.122. The van der Waals surface area contributed by atoms with E-state index in [2.05, 4.69) is 40.5 Å². The fourth-order valence-corrected chi connectivity index (χ4v) is 5.83. The zero-order valence-electron chi connectivity index (χ0n) is 24.5. The van der Waals surface area contributed by atoms with E-state index in [9.17, 15) is 25.9 Å². The molecule has 1 aliphatic rings. The number of aromatic nitrogens is 6. The first-order chi connectivity index (χ1) is 22.3. The van der Waals surface area contributed by atoms with Crippen LogP contribution in [0.15, 0.2) is 46.2 Å². The summed E-state index contributed by atoms with van der Waals surface area (Å²) < 4.78 is 84.8. The second-order valence-corrected chi connectivity index (χ2v) is 12.6. The van der Waals surface area contributed by atoms with Gasteiger partial charge in [0.1, 0.15) is 9.79 Å². The molecule has 2 aromatic carbocycles. The molecule has 0 aliphatic carbocycles. The van der Waals surface area contributed by atoms with Gasteiger partial charge in [-0.3, -0.25) is 9.11 Å².